The van der Waals surface area contributed by atoms with Gasteiger partial charge in [0.05, 0.1) is 12.1 Å². The fourth-order valence-corrected chi connectivity index (χ4v) is 2.39. The summed E-state index contributed by atoms with van der Waals surface area (Å²) in [6, 6.07) is 5.01. The third kappa shape index (κ3) is 2.37. The van der Waals surface area contributed by atoms with Crippen molar-refractivity contribution in [2.24, 2.45) is 0 Å². The summed E-state index contributed by atoms with van der Waals surface area (Å²) in [6.07, 6.45) is 1.15. The van der Waals surface area contributed by atoms with Crippen molar-refractivity contribution in [1.29, 1.82) is 0 Å². The number of hydrogen-bond donors (Lipinski definition) is 2. The van der Waals surface area contributed by atoms with Crippen LogP contribution >= 0.6 is 0 Å². The van der Waals surface area contributed by atoms with E-state index < -0.39 is 0 Å². The molecule has 0 spiro atoms. The molecule has 4 nitrogen and oxygen atoms in total. The number of nitrogens with zero attached hydrogens (tertiary/aromatic N) is 2. The van der Waals surface area contributed by atoms with Crippen molar-refractivity contribution in [3.05, 3.63) is 29.8 Å². The first-order chi connectivity index (χ1) is 8.83. The predicted molar refractivity (Wildman–Crippen MR) is 68.8 cm³/mol. The van der Waals surface area contributed by atoms with Gasteiger partial charge in [0.1, 0.15) is 11.3 Å². The number of aromatic amines is 1. The van der Waals surface area contributed by atoms with E-state index in [1.54, 1.807) is 6.07 Å². The molecule has 1 saturated heterocycles. The molecule has 0 saturated carbocycles. The summed E-state index contributed by atoms with van der Waals surface area (Å²) in [4.78, 5) is 9.88. The van der Waals surface area contributed by atoms with E-state index in [4.69, 9.17) is 0 Å². The zero-order valence-corrected chi connectivity index (χ0v) is 10.2. The number of fused-ring (bicyclic) bond motifs is 1. The van der Waals surface area contributed by atoms with Gasteiger partial charge in [0, 0.05) is 13.1 Å². The first-order valence-electron chi connectivity index (χ1n) is 6.39. The first-order valence-corrected chi connectivity index (χ1v) is 6.39. The molecule has 1 aliphatic rings. The van der Waals surface area contributed by atoms with Gasteiger partial charge in [-0.15, -0.1) is 0 Å². The third-order valence-corrected chi connectivity index (χ3v) is 3.32. The van der Waals surface area contributed by atoms with Crippen LogP contribution in [0.3, 0.4) is 0 Å². The van der Waals surface area contributed by atoms with Crippen molar-refractivity contribution in [2.45, 2.75) is 13.0 Å². The lowest BCUT2D eigenvalue weighted by atomic mass is 10.3. The Bertz CT molecular complexity index is 529. The Hall–Kier alpha value is -1.46. The molecule has 18 heavy (non-hydrogen) atoms. The van der Waals surface area contributed by atoms with E-state index in [9.17, 15) is 4.39 Å². The van der Waals surface area contributed by atoms with E-state index in [-0.39, 0.29) is 5.82 Å². The van der Waals surface area contributed by atoms with E-state index in [2.05, 4.69) is 20.2 Å². The lowest BCUT2D eigenvalue weighted by Crippen LogP contribution is -2.28. The van der Waals surface area contributed by atoms with Crippen LogP contribution in [0.5, 0.6) is 0 Å². The molecular weight excluding hydrogens is 231 g/mol. The maximum atomic E-state index is 13.5. The van der Waals surface area contributed by atoms with Crippen LogP contribution < -0.4 is 5.32 Å². The zero-order valence-electron chi connectivity index (χ0n) is 10.2. The Morgan fingerprint density at radius 2 is 2.22 bits per heavy atom. The lowest BCUT2D eigenvalue weighted by molar-refractivity contribution is 0.278. The second kappa shape index (κ2) is 5.04. The summed E-state index contributed by atoms with van der Waals surface area (Å²) in [6.45, 7) is 4.92. The van der Waals surface area contributed by atoms with Crippen LogP contribution in [0.4, 0.5) is 4.39 Å². The topological polar surface area (TPSA) is 44.0 Å². The van der Waals surface area contributed by atoms with Gasteiger partial charge in [0.2, 0.25) is 0 Å². The van der Waals surface area contributed by atoms with Gasteiger partial charge < -0.3 is 10.3 Å². The molecule has 0 bridgehead atoms. The van der Waals surface area contributed by atoms with Crippen LogP contribution in [-0.2, 0) is 6.54 Å². The summed E-state index contributed by atoms with van der Waals surface area (Å²) in [5, 5.41) is 3.37. The quantitative estimate of drug-likeness (QED) is 0.846. The Kier molecular flexibility index (Phi) is 3.25. The molecular formula is C13H17FN4. The average Bonchev–Trinajstić information content (AvgIpc) is 2.60. The Morgan fingerprint density at radius 1 is 1.28 bits per heavy atom. The Morgan fingerprint density at radius 3 is 3.11 bits per heavy atom. The van der Waals surface area contributed by atoms with E-state index in [1.807, 2.05) is 6.07 Å². The van der Waals surface area contributed by atoms with Crippen molar-refractivity contribution >= 4 is 11.0 Å². The van der Waals surface area contributed by atoms with Gasteiger partial charge in [-0.1, -0.05) is 6.07 Å². The monoisotopic (exact) mass is 248 g/mol. The lowest BCUT2D eigenvalue weighted by Gasteiger charge is -2.17. The largest absolute Gasteiger partial charge is 0.341 e. The highest BCUT2D eigenvalue weighted by Gasteiger charge is 2.12. The van der Waals surface area contributed by atoms with Crippen molar-refractivity contribution in [3.8, 4) is 0 Å². The number of imidazole rings is 1. The minimum Gasteiger partial charge on any atom is -0.341 e. The molecule has 0 atom stereocenters. The smallest absolute Gasteiger partial charge is 0.151 e. The van der Waals surface area contributed by atoms with Gasteiger partial charge in [-0.3, -0.25) is 4.90 Å². The summed E-state index contributed by atoms with van der Waals surface area (Å²) < 4.78 is 13.5. The van der Waals surface area contributed by atoms with Crippen LogP contribution in [0.2, 0.25) is 0 Å². The van der Waals surface area contributed by atoms with Crippen molar-refractivity contribution in [3.63, 3.8) is 0 Å². The maximum absolute atomic E-state index is 13.5. The third-order valence-electron chi connectivity index (χ3n) is 3.32. The number of halogens is 1. The number of hydrogen-bond acceptors (Lipinski definition) is 3. The van der Waals surface area contributed by atoms with Crippen LogP contribution in [0, 0.1) is 5.82 Å². The molecule has 1 aromatic heterocycles. The van der Waals surface area contributed by atoms with Gasteiger partial charge in [-0.2, -0.15) is 0 Å². The minimum atomic E-state index is -0.257. The molecule has 5 heteroatoms. The van der Waals surface area contributed by atoms with Crippen LogP contribution in [0.25, 0.3) is 11.0 Å². The van der Waals surface area contributed by atoms with Crippen molar-refractivity contribution < 1.29 is 4.39 Å². The van der Waals surface area contributed by atoms with Gasteiger partial charge in [-0.25, -0.2) is 9.37 Å². The molecule has 1 aliphatic heterocycles. The maximum Gasteiger partial charge on any atom is 0.151 e. The van der Waals surface area contributed by atoms with Crippen LogP contribution in [0.1, 0.15) is 12.2 Å². The van der Waals surface area contributed by atoms with Gasteiger partial charge in [0.25, 0.3) is 0 Å². The number of para-hydroxylation sites is 1. The van der Waals surface area contributed by atoms with Crippen molar-refractivity contribution in [2.75, 3.05) is 26.2 Å². The Balaban J connectivity index is 1.79. The summed E-state index contributed by atoms with van der Waals surface area (Å²) in [5.74, 6) is 0.588. The second-order valence-corrected chi connectivity index (χ2v) is 4.70. The second-order valence-electron chi connectivity index (χ2n) is 4.70. The molecule has 2 N–H and O–H groups in total. The molecule has 0 amide bonds. The SMILES string of the molecule is Fc1cccc2[nH]c(CN3CCCNCC3)nc12. The van der Waals surface area contributed by atoms with E-state index in [0.717, 1.165) is 50.5 Å². The van der Waals surface area contributed by atoms with Gasteiger partial charge in [-0.05, 0) is 31.6 Å². The summed E-state index contributed by atoms with van der Waals surface area (Å²) in [5.41, 5.74) is 1.22. The highest BCUT2D eigenvalue weighted by Crippen LogP contribution is 2.15. The fraction of sp³-hybridized carbons (Fsp3) is 0.462. The normalized spacial score (nSPS) is 18.1. The molecule has 0 aliphatic carbocycles. The molecule has 2 aromatic rings. The molecule has 1 fully saturated rings. The highest BCUT2D eigenvalue weighted by molar-refractivity contribution is 5.75. The first kappa shape index (κ1) is 11.6. The number of aromatic nitrogens is 2. The van der Waals surface area contributed by atoms with Crippen LogP contribution in [-0.4, -0.2) is 41.0 Å². The van der Waals surface area contributed by atoms with E-state index in [1.165, 1.54) is 6.07 Å². The fourth-order valence-electron chi connectivity index (χ4n) is 2.39. The van der Waals surface area contributed by atoms with Gasteiger partial charge >= 0.3 is 0 Å². The number of rotatable bonds is 2. The van der Waals surface area contributed by atoms with E-state index >= 15 is 0 Å². The molecule has 0 unspecified atom stereocenters. The molecule has 96 valence electrons. The standard InChI is InChI=1S/C13H17FN4/c14-10-3-1-4-11-13(10)17-12(16-11)9-18-7-2-5-15-6-8-18/h1,3-4,15H,2,5-9H2,(H,16,17). The number of H-pyrrole nitrogens is 1. The molecule has 2 heterocycles. The molecule has 1 aromatic carbocycles. The number of nitrogens with one attached hydrogen (secondary N) is 2. The summed E-state index contributed by atoms with van der Waals surface area (Å²) >= 11 is 0. The van der Waals surface area contributed by atoms with E-state index in [0.29, 0.717) is 5.52 Å². The molecule has 3 rings (SSSR count). The van der Waals surface area contributed by atoms with Gasteiger partial charge in [0.15, 0.2) is 5.82 Å². The molecule has 0 radical (unpaired) electrons. The minimum absolute atomic E-state index is 0.257. The average molecular weight is 248 g/mol. The Labute approximate surface area is 105 Å². The number of benzene rings is 1. The highest BCUT2D eigenvalue weighted by atomic mass is 19.1. The van der Waals surface area contributed by atoms with Crippen LogP contribution in [0.15, 0.2) is 18.2 Å². The zero-order chi connectivity index (χ0) is 12.4. The summed E-state index contributed by atoms with van der Waals surface area (Å²) in [7, 11) is 0. The van der Waals surface area contributed by atoms with Crippen molar-refractivity contribution in [1.82, 2.24) is 20.2 Å². The predicted octanol–water partition coefficient (Wildman–Crippen LogP) is 1.50.